The number of aromatic nitrogens is 1. The summed E-state index contributed by atoms with van der Waals surface area (Å²) in [5.41, 5.74) is 2.41. The molecule has 0 aliphatic rings. The maximum atomic E-state index is 10.2. The van der Waals surface area contributed by atoms with E-state index in [4.69, 9.17) is 0 Å². The lowest BCUT2D eigenvalue weighted by Gasteiger charge is -2.25. The van der Waals surface area contributed by atoms with E-state index in [1.54, 1.807) is 12.4 Å². The first-order valence-electron chi connectivity index (χ1n) is 6.38. The van der Waals surface area contributed by atoms with Gasteiger partial charge in [0.05, 0.1) is 6.10 Å². The Balaban J connectivity index is 2.61. The summed E-state index contributed by atoms with van der Waals surface area (Å²) in [4.78, 5) is 4.09. The molecule has 0 aliphatic carbocycles. The highest BCUT2D eigenvalue weighted by Gasteiger charge is 2.19. The van der Waals surface area contributed by atoms with E-state index in [2.05, 4.69) is 32.7 Å². The molecule has 0 radical (unpaired) electrons. The molecule has 0 spiro atoms. The summed E-state index contributed by atoms with van der Waals surface area (Å²) in [5.74, 6) is 0.518. The van der Waals surface area contributed by atoms with Gasteiger partial charge in [0.25, 0.3) is 0 Å². The quantitative estimate of drug-likeness (QED) is 0.859. The van der Waals surface area contributed by atoms with Gasteiger partial charge in [-0.2, -0.15) is 0 Å². The molecule has 1 heterocycles. The summed E-state index contributed by atoms with van der Waals surface area (Å²) in [6.45, 7) is 11.0. The monoisotopic (exact) mass is 235 g/mol. The van der Waals surface area contributed by atoms with Crippen LogP contribution in [0.25, 0.3) is 0 Å². The van der Waals surface area contributed by atoms with Crippen LogP contribution in [0.3, 0.4) is 0 Å². The molecule has 1 rings (SSSR count). The third kappa shape index (κ3) is 4.86. The number of rotatable bonds is 4. The first-order valence-corrected chi connectivity index (χ1v) is 6.38. The molecule has 0 saturated heterocycles. The van der Waals surface area contributed by atoms with Gasteiger partial charge in [-0.25, -0.2) is 0 Å². The molecule has 0 bridgehead atoms. The standard InChI is InChI=1S/C15H25NO/c1-11(9-15(3,4)5)8-14(17)13-10-16-7-6-12(13)2/h6-7,10-11,14,17H,8-9H2,1-5H3. The van der Waals surface area contributed by atoms with Crippen molar-refractivity contribution < 1.29 is 5.11 Å². The summed E-state index contributed by atoms with van der Waals surface area (Å²) in [6, 6.07) is 1.95. The lowest BCUT2D eigenvalue weighted by Crippen LogP contribution is -2.14. The molecule has 2 heteroatoms. The van der Waals surface area contributed by atoms with Crippen LogP contribution >= 0.6 is 0 Å². The smallest absolute Gasteiger partial charge is 0.0810 e. The number of aliphatic hydroxyl groups is 1. The summed E-state index contributed by atoms with van der Waals surface area (Å²) < 4.78 is 0. The fourth-order valence-electron chi connectivity index (χ4n) is 2.46. The van der Waals surface area contributed by atoms with Crippen LogP contribution in [0.15, 0.2) is 18.5 Å². The Hall–Kier alpha value is -0.890. The Kier molecular flexibility index (Phi) is 4.70. The number of pyridine rings is 1. The Labute approximate surface area is 105 Å². The Morgan fingerprint density at radius 2 is 2.00 bits per heavy atom. The predicted octanol–water partition coefficient (Wildman–Crippen LogP) is 3.89. The first-order chi connectivity index (χ1) is 7.79. The Bertz CT molecular complexity index is 354. The van der Waals surface area contributed by atoms with Gasteiger partial charge >= 0.3 is 0 Å². The van der Waals surface area contributed by atoms with Crippen molar-refractivity contribution in [1.29, 1.82) is 0 Å². The van der Waals surface area contributed by atoms with Gasteiger partial charge in [0.2, 0.25) is 0 Å². The fraction of sp³-hybridized carbons (Fsp3) is 0.667. The second kappa shape index (κ2) is 5.63. The SMILES string of the molecule is Cc1ccncc1C(O)CC(C)CC(C)(C)C. The van der Waals surface area contributed by atoms with Gasteiger partial charge in [0.15, 0.2) is 0 Å². The van der Waals surface area contributed by atoms with Gasteiger partial charge in [0, 0.05) is 18.0 Å². The van der Waals surface area contributed by atoms with Crippen LogP contribution in [0.1, 0.15) is 57.8 Å². The summed E-state index contributed by atoms with van der Waals surface area (Å²) in [6.07, 6.45) is 5.10. The molecule has 1 aromatic rings. The molecule has 2 nitrogen and oxygen atoms in total. The van der Waals surface area contributed by atoms with Crippen molar-refractivity contribution in [1.82, 2.24) is 4.98 Å². The highest BCUT2D eigenvalue weighted by atomic mass is 16.3. The van der Waals surface area contributed by atoms with E-state index in [0.717, 1.165) is 24.0 Å². The van der Waals surface area contributed by atoms with E-state index in [9.17, 15) is 5.11 Å². The normalized spacial score (nSPS) is 15.6. The third-order valence-corrected chi connectivity index (χ3v) is 3.03. The summed E-state index contributed by atoms with van der Waals surface area (Å²) in [7, 11) is 0. The number of aliphatic hydroxyl groups excluding tert-OH is 1. The number of nitrogens with zero attached hydrogens (tertiary/aromatic N) is 1. The third-order valence-electron chi connectivity index (χ3n) is 3.03. The molecule has 0 fully saturated rings. The zero-order valence-corrected chi connectivity index (χ0v) is 11.7. The van der Waals surface area contributed by atoms with Crippen molar-refractivity contribution in [3.63, 3.8) is 0 Å². The fourth-order valence-corrected chi connectivity index (χ4v) is 2.46. The van der Waals surface area contributed by atoms with Crippen molar-refractivity contribution in [2.24, 2.45) is 11.3 Å². The van der Waals surface area contributed by atoms with E-state index in [1.165, 1.54) is 0 Å². The molecule has 0 saturated carbocycles. The van der Waals surface area contributed by atoms with Crippen molar-refractivity contribution in [3.8, 4) is 0 Å². The van der Waals surface area contributed by atoms with Crippen LogP contribution in [0.5, 0.6) is 0 Å². The van der Waals surface area contributed by atoms with Crippen LogP contribution in [-0.2, 0) is 0 Å². The highest BCUT2D eigenvalue weighted by molar-refractivity contribution is 5.23. The molecular weight excluding hydrogens is 210 g/mol. The molecule has 96 valence electrons. The van der Waals surface area contributed by atoms with Crippen LogP contribution < -0.4 is 0 Å². The van der Waals surface area contributed by atoms with Crippen LogP contribution in [0, 0.1) is 18.3 Å². The minimum atomic E-state index is -0.388. The molecule has 0 aliphatic heterocycles. The van der Waals surface area contributed by atoms with E-state index < -0.39 is 0 Å². The van der Waals surface area contributed by atoms with Crippen molar-refractivity contribution in [3.05, 3.63) is 29.6 Å². The van der Waals surface area contributed by atoms with Gasteiger partial charge in [0.1, 0.15) is 0 Å². The number of aryl methyl sites for hydroxylation is 1. The molecule has 0 aromatic carbocycles. The van der Waals surface area contributed by atoms with Crippen LogP contribution in [0.4, 0.5) is 0 Å². The maximum Gasteiger partial charge on any atom is 0.0810 e. The molecule has 1 aromatic heterocycles. The topological polar surface area (TPSA) is 33.1 Å². The molecule has 2 atom stereocenters. The lowest BCUT2D eigenvalue weighted by molar-refractivity contribution is 0.133. The summed E-state index contributed by atoms with van der Waals surface area (Å²) >= 11 is 0. The minimum absolute atomic E-state index is 0.323. The van der Waals surface area contributed by atoms with E-state index in [0.29, 0.717) is 11.3 Å². The van der Waals surface area contributed by atoms with Gasteiger partial charge < -0.3 is 5.11 Å². The molecular formula is C15H25NO. The maximum absolute atomic E-state index is 10.2. The molecule has 1 N–H and O–H groups in total. The Morgan fingerprint density at radius 3 is 2.53 bits per heavy atom. The number of hydrogen-bond acceptors (Lipinski definition) is 2. The Morgan fingerprint density at radius 1 is 1.35 bits per heavy atom. The average molecular weight is 235 g/mol. The van der Waals surface area contributed by atoms with E-state index in [1.807, 2.05) is 13.0 Å². The van der Waals surface area contributed by atoms with Gasteiger partial charge in [-0.3, -0.25) is 4.98 Å². The first kappa shape index (κ1) is 14.2. The zero-order chi connectivity index (χ0) is 13.1. The molecule has 2 unspecified atom stereocenters. The molecule has 0 amide bonds. The van der Waals surface area contributed by atoms with Crippen LogP contribution in [0.2, 0.25) is 0 Å². The summed E-state index contributed by atoms with van der Waals surface area (Å²) in [5, 5.41) is 10.2. The van der Waals surface area contributed by atoms with E-state index >= 15 is 0 Å². The molecule has 17 heavy (non-hydrogen) atoms. The van der Waals surface area contributed by atoms with Gasteiger partial charge in [-0.1, -0.05) is 27.7 Å². The number of hydrogen-bond donors (Lipinski definition) is 1. The highest BCUT2D eigenvalue weighted by Crippen LogP contribution is 2.30. The van der Waals surface area contributed by atoms with Crippen LogP contribution in [-0.4, -0.2) is 10.1 Å². The second-order valence-corrected chi connectivity index (χ2v) is 6.35. The minimum Gasteiger partial charge on any atom is -0.388 e. The van der Waals surface area contributed by atoms with Crippen molar-refractivity contribution in [2.45, 2.75) is 53.6 Å². The zero-order valence-electron chi connectivity index (χ0n) is 11.7. The lowest BCUT2D eigenvalue weighted by atomic mass is 9.82. The van der Waals surface area contributed by atoms with Gasteiger partial charge in [-0.15, -0.1) is 0 Å². The average Bonchev–Trinajstić information content (AvgIpc) is 2.14. The second-order valence-electron chi connectivity index (χ2n) is 6.35. The van der Waals surface area contributed by atoms with Crippen molar-refractivity contribution >= 4 is 0 Å². The van der Waals surface area contributed by atoms with Crippen molar-refractivity contribution in [2.75, 3.05) is 0 Å². The van der Waals surface area contributed by atoms with E-state index in [-0.39, 0.29) is 6.10 Å². The largest absolute Gasteiger partial charge is 0.388 e. The van der Waals surface area contributed by atoms with Gasteiger partial charge in [-0.05, 0) is 42.7 Å². The predicted molar refractivity (Wildman–Crippen MR) is 71.8 cm³/mol.